The molecule has 2 aromatic rings. The van der Waals surface area contributed by atoms with Crippen molar-refractivity contribution in [1.82, 2.24) is 5.32 Å². The third-order valence-electron chi connectivity index (χ3n) is 3.05. The van der Waals surface area contributed by atoms with E-state index in [0.29, 0.717) is 0 Å². The molecule has 20 heavy (non-hydrogen) atoms. The molecule has 0 saturated carbocycles. The van der Waals surface area contributed by atoms with Gasteiger partial charge in [-0.25, -0.2) is 0 Å². The van der Waals surface area contributed by atoms with Crippen LogP contribution in [0.15, 0.2) is 34.1 Å². The zero-order valence-corrected chi connectivity index (χ0v) is 14.3. The van der Waals surface area contributed by atoms with Gasteiger partial charge in [-0.1, -0.05) is 22.9 Å². The van der Waals surface area contributed by atoms with Gasteiger partial charge in [-0.15, -0.1) is 11.3 Å². The number of halogens is 1. The van der Waals surface area contributed by atoms with Crippen molar-refractivity contribution >= 4 is 27.3 Å². The summed E-state index contributed by atoms with van der Waals surface area (Å²) >= 11 is 5.33. The van der Waals surface area contributed by atoms with Crippen LogP contribution in [0.2, 0.25) is 0 Å². The van der Waals surface area contributed by atoms with Gasteiger partial charge in [-0.3, -0.25) is 0 Å². The van der Waals surface area contributed by atoms with Crippen molar-refractivity contribution in [2.24, 2.45) is 0 Å². The van der Waals surface area contributed by atoms with Gasteiger partial charge in [0.15, 0.2) is 0 Å². The van der Waals surface area contributed by atoms with Crippen LogP contribution in [0.3, 0.4) is 0 Å². The van der Waals surface area contributed by atoms with Gasteiger partial charge in [0.25, 0.3) is 0 Å². The first-order chi connectivity index (χ1) is 9.70. The van der Waals surface area contributed by atoms with Gasteiger partial charge in [0.1, 0.15) is 5.75 Å². The van der Waals surface area contributed by atoms with E-state index >= 15 is 0 Å². The monoisotopic (exact) mass is 353 g/mol. The van der Waals surface area contributed by atoms with Crippen LogP contribution in [-0.2, 0) is 13.1 Å². The van der Waals surface area contributed by atoms with Crippen molar-refractivity contribution < 1.29 is 4.74 Å². The largest absolute Gasteiger partial charge is 0.493 e. The average Bonchev–Trinajstić information content (AvgIpc) is 2.84. The highest BCUT2D eigenvalue weighted by Crippen LogP contribution is 2.24. The standard InChI is InChI=1S/C16H20BrNOS/c1-3-7-19-15-5-4-14(17)9-13(15)10-18-11-16-12(2)6-8-20-16/h4-6,8-9,18H,3,7,10-11H2,1-2H3. The summed E-state index contributed by atoms with van der Waals surface area (Å²) in [4.78, 5) is 1.40. The molecule has 0 atom stereocenters. The Kier molecular flexibility index (Phi) is 6.07. The Bertz CT molecular complexity index is 553. The highest BCUT2D eigenvalue weighted by atomic mass is 79.9. The van der Waals surface area contributed by atoms with Crippen molar-refractivity contribution in [2.75, 3.05) is 6.61 Å². The van der Waals surface area contributed by atoms with Crippen LogP contribution in [-0.4, -0.2) is 6.61 Å². The summed E-state index contributed by atoms with van der Waals surface area (Å²) in [6, 6.07) is 8.35. The minimum atomic E-state index is 0.763. The van der Waals surface area contributed by atoms with Crippen LogP contribution < -0.4 is 10.1 Å². The number of benzene rings is 1. The predicted molar refractivity (Wildman–Crippen MR) is 89.5 cm³/mol. The first-order valence-corrected chi connectivity index (χ1v) is 8.53. The molecule has 2 nitrogen and oxygen atoms in total. The number of hydrogen-bond donors (Lipinski definition) is 1. The lowest BCUT2D eigenvalue weighted by Crippen LogP contribution is -2.13. The first kappa shape index (κ1) is 15.5. The SMILES string of the molecule is CCCOc1ccc(Br)cc1CNCc1sccc1C. The van der Waals surface area contributed by atoms with E-state index in [1.807, 2.05) is 12.1 Å². The Morgan fingerprint density at radius 2 is 2.10 bits per heavy atom. The van der Waals surface area contributed by atoms with Crippen molar-refractivity contribution in [3.8, 4) is 5.75 Å². The lowest BCUT2D eigenvalue weighted by atomic mass is 10.2. The average molecular weight is 354 g/mol. The van der Waals surface area contributed by atoms with Gasteiger partial charge in [0, 0.05) is 28.0 Å². The molecule has 1 aromatic carbocycles. The maximum atomic E-state index is 5.79. The van der Waals surface area contributed by atoms with E-state index < -0.39 is 0 Å². The van der Waals surface area contributed by atoms with E-state index in [1.54, 1.807) is 11.3 Å². The zero-order valence-electron chi connectivity index (χ0n) is 11.9. The second kappa shape index (κ2) is 7.81. The molecular formula is C16H20BrNOS. The van der Waals surface area contributed by atoms with Gasteiger partial charge < -0.3 is 10.1 Å². The fraction of sp³-hybridized carbons (Fsp3) is 0.375. The molecule has 108 valence electrons. The molecule has 0 bridgehead atoms. The lowest BCUT2D eigenvalue weighted by Gasteiger charge is -2.12. The number of hydrogen-bond acceptors (Lipinski definition) is 3. The molecular weight excluding hydrogens is 334 g/mol. The molecule has 0 aliphatic heterocycles. The van der Waals surface area contributed by atoms with E-state index in [-0.39, 0.29) is 0 Å². The molecule has 1 aromatic heterocycles. The number of thiophene rings is 1. The van der Waals surface area contributed by atoms with E-state index in [1.165, 1.54) is 16.0 Å². The molecule has 2 rings (SSSR count). The van der Waals surface area contributed by atoms with Gasteiger partial charge in [0.2, 0.25) is 0 Å². The smallest absolute Gasteiger partial charge is 0.123 e. The summed E-state index contributed by atoms with van der Waals surface area (Å²) in [5, 5.41) is 5.64. The van der Waals surface area contributed by atoms with Crippen molar-refractivity contribution in [3.05, 3.63) is 50.1 Å². The fourth-order valence-corrected chi connectivity index (χ4v) is 3.22. The van der Waals surface area contributed by atoms with Crippen LogP contribution in [0.25, 0.3) is 0 Å². The number of rotatable bonds is 7. The van der Waals surface area contributed by atoms with E-state index in [2.05, 4.69) is 52.6 Å². The van der Waals surface area contributed by atoms with Crippen LogP contribution in [0.5, 0.6) is 5.75 Å². The summed E-state index contributed by atoms with van der Waals surface area (Å²) in [7, 11) is 0. The third kappa shape index (κ3) is 4.33. The normalized spacial score (nSPS) is 10.8. The van der Waals surface area contributed by atoms with Crippen LogP contribution in [0, 0.1) is 6.92 Å². The van der Waals surface area contributed by atoms with Gasteiger partial charge in [-0.05, 0) is 48.6 Å². The van der Waals surface area contributed by atoms with Crippen molar-refractivity contribution in [1.29, 1.82) is 0 Å². The summed E-state index contributed by atoms with van der Waals surface area (Å²) in [5.74, 6) is 0.977. The van der Waals surface area contributed by atoms with Gasteiger partial charge in [-0.2, -0.15) is 0 Å². The molecule has 0 fully saturated rings. The molecule has 0 radical (unpaired) electrons. The Morgan fingerprint density at radius 1 is 1.25 bits per heavy atom. The maximum Gasteiger partial charge on any atom is 0.123 e. The van der Waals surface area contributed by atoms with Gasteiger partial charge >= 0.3 is 0 Å². The molecule has 0 aliphatic carbocycles. The van der Waals surface area contributed by atoms with Crippen molar-refractivity contribution in [2.45, 2.75) is 33.4 Å². The number of ether oxygens (including phenoxy) is 1. The molecule has 1 N–H and O–H groups in total. The summed E-state index contributed by atoms with van der Waals surface area (Å²) in [6.07, 6.45) is 1.03. The van der Waals surface area contributed by atoms with Gasteiger partial charge in [0.05, 0.1) is 6.61 Å². The minimum Gasteiger partial charge on any atom is -0.493 e. The quantitative estimate of drug-likeness (QED) is 0.764. The van der Waals surface area contributed by atoms with Crippen LogP contribution >= 0.6 is 27.3 Å². The van der Waals surface area contributed by atoms with Crippen molar-refractivity contribution in [3.63, 3.8) is 0 Å². The topological polar surface area (TPSA) is 21.3 Å². The second-order valence-electron chi connectivity index (χ2n) is 4.73. The van der Waals surface area contributed by atoms with E-state index in [4.69, 9.17) is 4.74 Å². The highest BCUT2D eigenvalue weighted by Gasteiger charge is 2.05. The summed E-state index contributed by atoms with van der Waals surface area (Å²) < 4.78 is 6.88. The van der Waals surface area contributed by atoms with E-state index in [9.17, 15) is 0 Å². The molecule has 1 heterocycles. The molecule has 0 saturated heterocycles. The Morgan fingerprint density at radius 3 is 2.80 bits per heavy atom. The number of aryl methyl sites for hydroxylation is 1. The molecule has 0 aliphatic rings. The Labute approximate surface area is 133 Å². The van der Waals surface area contributed by atoms with Crippen LogP contribution in [0.1, 0.15) is 29.3 Å². The molecule has 0 amide bonds. The molecule has 0 unspecified atom stereocenters. The third-order valence-corrected chi connectivity index (χ3v) is 4.57. The van der Waals surface area contributed by atoms with E-state index in [0.717, 1.165) is 36.3 Å². The molecule has 4 heteroatoms. The fourth-order valence-electron chi connectivity index (χ4n) is 1.93. The Balaban J connectivity index is 1.97. The lowest BCUT2D eigenvalue weighted by molar-refractivity contribution is 0.313. The van der Waals surface area contributed by atoms with Crippen LogP contribution in [0.4, 0.5) is 0 Å². The first-order valence-electron chi connectivity index (χ1n) is 6.85. The highest BCUT2D eigenvalue weighted by molar-refractivity contribution is 9.10. The zero-order chi connectivity index (χ0) is 14.4. The predicted octanol–water partition coefficient (Wildman–Crippen LogP) is 4.90. The maximum absolute atomic E-state index is 5.79. The minimum absolute atomic E-state index is 0.763. The summed E-state index contributed by atoms with van der Waals surface area (Å²) in [6.45, 7) is 6.76. The Hall–Kier alpha value is -0.840. The second-order valence-corrected chi connectivity index (χ2v) is 6.65. The summed E-state index contributed by atoms with van der Waals surface area (Å²) in [5.41, 5.74) is 2.56. The number of nitrogens with one attached hydrogen (secondary N) is 1. The molecule has 0 spiro atoms.